The zero-order chi connectivity index (χ0) is 10.4. The van der Waals surface area contributed by atoms with E-state index >= 15 is 0 Å². The van der Waals surface area contributed by atoms with Crippen molar-refractivity contribution in [1.82, 2.24) is 4.31 Å². The van der Waals surface area contributed by atoms with Crippen LogP contribution in [0.2, 0.25) is 0 Å². The SMILES string of the molecule is N[C@@H]1C(F)(F)CCC12CCN(S)CC2. The predicted molar refractivity (Wildman–Crippen MR) is 54.4 cm³/mol. The smallest absolute Gasteiger partial charge is 0.263 e. The van der Waals surface area contributed by atoms with Gasteiger partial charge >= 0.3 is 0 Å². The molecule has 1 saturated carbocycles. The Morgan fingerprint density at radius 3 is 2.14 bits per heavy atom. The summed E-state index contributed by atoms with van der Waals surface area (Å²) >= 11 is 4.22. The largest absolute Gasteiger partial charge is 0.322 e. The predicted octanol–water partition coefficient (Wildman–Crippen LogP) is 1.67. The zero-order valence-corrected chi connectivity index (χ0v) is 8.94. The second-order valence-corrected chi connectivity index (χ2v) is 5.12. The fourth-order valence-electron chi connectivity index (χ4n) is 2.68. The first-order valence-corrected chi connectivity index (χ1v) is 5.44. The molecule has 2 fully saturated rings. The lowest BCUT2D eigenvalue weighted by molar-refractivity contribution is -0.0311. The van der Waals surface area contributed by atoms with Gasteiger partial charge in [-0.3, -0.25) is 4.31 Å². The van der Waals surface area contributed by atoms with E-state index in [0.717, 1.165) is 25.9 Å². The lowest BCUT2D eigenvalue weighted by atomic mass is 9.74. The van der Waals surface area contributed by atoms with E-state index < -0.39 is 12.0 Å². The Hall–Kier alpha value is 0.130. The van der Waals surface area contributed by atoms with Gasteiger partial charge in [-0.2, -0.15) is 0 Å². The Kier molecular flexibility index (Phi) is 2.52. The van der Waals surface area contributed by atoms with Crippen molar-refractivity contribution in [2.45, 2.75) is 37.6 Å². The van der Waals surface area contributed by atoms with E-state index in [2.05, 4.69) is 12.8 Å². The zero-order valence-electron chi connectivity index (χ0n) is 8.05. The molecule has 0 aromatic rings. The van der Waals surface area contributed by atoms with Gasteiger partial charge in [0.2, 0.25) is 0 Å². The summed E-state index contributed by atoms with van der Waals surface area (Å²) in [7, 11) is 0. The molecular weight excluding hydrogens is 206 g/mol. The van der Waals surface area contributed by atoms with Crippen molar-refractivity contribution < 1.29 is 8.78 Å². The first-order valence-electron chi connectivity index (χ1n) is 5.04. The molecular formula is C9H16F2N2S. The molecule has 0 aromatic carbocycles. The van der Waals surface area contributed by atoms with Gasteiger partial charge in [-0.05, 0) is 24.7 Å². The van der Waals surface area contributed by atoms with E-state index in [-0.39, 0.29) is 11.8 Å². The van der Waals surface area contributed by atoms with E-state index in [4.69, 9.17) is 5.73 Å². The summed E-state index contributed by atoms with van der Waals surface area (Å²) in [5.74, 6) is -2.65. The Labute approximate surface area is 88.4 Å². The van der Waals surface area contributed by atoms with Crippen LogP contribution in [-0.2, 0) is 0 Å². The molecule has 1 saturated heterocycles. The van der Waals surface area contributed by atoms with Gasteiger partial charge in [0.25, 0.3) is 5.92 Å². The van der Waals surface area contributed by atoms with E-state index in [1.165, 1.54) is 0 Å². The summed E-state index contributed by atoms with van der Waals surface area (Å²) in [6, 6.07) is -0.947. The molecule has 0 unspecified atom stereocenters. The Morgan fingerprint density at radius 1 is 1.14 bits per heavy atom. The average Bonchev–Trinajstić information content (AvgIpc) is 2.36. The summed E-state index contributed by atoms with van der Waals surface area (Å²) in [6.45, 7) is 1.54. The summed E-state index contributed by atoms with van der Waals surface area (Å²) in [5, 5.41) is 0. The van der Waals surface area contributed by atoms with Crippen LogP contribution in [0.4, 0.5) is 8.78 Å². The number of nitrogens with two attached hydrogens (primary N) is 1. The highest BCUT2D eigenvalue weighted by Crippen LogP contribution is 2.51. The summed E-state index contributed by atoms with van der Waals surface area (Å²) < 4.78 is 28.5. The third-order valence-electron chi connectivity index (χ3n) is 3.81. The molecule has 5 heteroatoms. The number of rotatable bonds is 0. The van der Waals surface area contributed by atoms with Crippen molar-refractivity contribution in [3.8, 4) is 0 Å². The van der Waals surface area contributed by atoms with Crippen molar-refractivity contribution >= 4 is 12.8 Å². The van der Waals surface area contributed by atoms with Gasteiger partial charge in [-0.25, -0.2) is 8.78 Å². The van der Waals surface area contributed by atoms with E-state index in [0.29, 0.717) is 6.42 Å². The van der Waals surface area contributed by atoms with Gasteiger partial charge < -0.3 is 5.73 Å². The molecule has 14 heavy (non-hydrogen) atoms. The molecule has 1 atom stereocenters. The number of hydrogen-bond donors (Lipinski definition) is 2. The minimum atomic E-state index is -2.65. The lowest BCUT2D eigenvalue weighted by Crippen LogP contribution is -2.50. The molecule has 1 aliphatic carbocycles. The number of alkyl halides is 2. The highest BCUT2D eigenvalue weighted by atomic mass is 32.1. The highest BCUT2D eigenvalue weighted by Gasteiger charge is 2.57. The first-order chi connectivity index (χ1) is 6.46. The van der Waals surface area contributed by atoms with Crippen LogP contribution in [0.1, 0.15) is 25.7 Å². The Balaban J connectivity index is 2.11. The number of halogens is 2. The maximum Gasteiger partial charge on any atom is 0.263 e. The van der Waals surface area contributed by atoms with Crippen LogP contribution >= 0.6 is 12.8 Å². The summed E-state index contributed by atoms with van der Waals surface area (Å²) in [6.07, 6.45) is 2.05. The van der Waals surface area contributed by atoms with Crippen LogP contribution in [-0.4, -0.2) is 29.4 Å². The molecule has 0 bridgehead atoms. The third-order valence-corrected chi connectivity index (χ3v) is 4.21. The second kappa shape index (κ2) is 3.32. The standard InChI is InChI=1S/C9H16F2N2S/c10-9(11)2-1-8(7(9)12)3-5-13(14)6-4-8/h7,14H,1-6,12H2/t7-/m0/s1. The van der Waals surface area contributed by atoms with Crippen LogP contribution in [0.3, 0.4) is 0 Å². The molecule has 1 heterocycles. The quantitative estimate of drug-likeness (QED) is 0.610. The third kappa shape index (κ3) is 1.55. The highest BCUT2D eigenvalue weighted by molar-refractivity contribution is 7.77. The number of piperidine rings is 1. The normalized spacial score (nSPS) is 36.4. The Bertz CT molecular complexity index is 227. The van der Waals surface area contributed by atoms with Crippen LogP contribution < -0.4 is 5.73 Å². The van der Waals surface area contributed by atoms with Crippen LogP contribution in [0, 0.1) is 5.41 Å². The summed E-state index contributed by atoms with van der Waals surface area (Å²) in [5.41, 5.74) is 5.36. The lowest BCUT2D eigenvalue weighted by Gasteiger charge is -2.40. The molecule has 0 aromatic heterocycles. The molecule has 2 aliphatic rings. The monoisotopic (exact) mass is 222 g/mol. The van der Waals surface area contributed by atoms with Gasteiger partial charge in [0, 0.05) is 19.5 Å². The van der Waals surface area contributed by atoms with Crippen molar-refractivity contribution in [2.24, 2.45) is 11.1 Å². The van der Waals surface area contributed by atoms with Gasteiger partial charge in [0.1, 0.15) is 0 Å². The fourth-order valence-corrected chi connectivity index (χ4v) is 2.88. The van der Waals surface area contributed by atoms with Crippen LogP contribution in [0.25, 0.3) is 0 Å². The topological polar surface area (TPSA) is 29.3 Å². The first kappa shape index (κ1) is 10.6. The molecule has 1 spiro atoms. The summed E-state index contributed by atoms with van der Waals surface area (Å²) in [4.78, 5) is 0. The molecule has 0 amide bonds. The number of nitrogens with zero attached hydrogens (tertiary/aromatic N) is 1. The van der Waals surface area contributed by atoms with Gasteiger partial charge in [-0.1, -0.05) is 12.8 Å². The Morgan fingerprint density at radius 2 is 1.71 bits per heavy atom. The van der Waals surface area contributed by atoms with E-state index in [9.17, 15) is 8.78 Å². The maximum absolute atomic E-state index is 13.3. The molecule has 2 nitrogen and oxygen atoms in total. The van der Waals surface area contributed by atoms with E-state index in [1.54, 1.807) is 0 Å². The van der Waals surface area contributed by atoms with Gasteiger partial charge in [0.15, 0.2) is 0 Å². The van der Waals surface area contributed by atoms with Crippen molar-refractivity contribution in [2.75, 3.05) is 13.1 Å². The molecule has 82 valence electrons. The second-order valence-electron chi connectivity index (χ2n) is 4.55. The molecule has 1 aliphatic heterocycles. The van der Waals surface area contributed by atoms with Crippen molar-refractivity contribution in [1.29, 1.82) is 0 Å². The van der Waals surface area contributed by atoms with Crippen LogP contribution in [0.15, 0.2) is 0 Å². The number of thiol groups is 1. The van der Waals surface area contributed by atoms with Crippen molar-refractivity contribution in [3.63, 3.8) is 0 Å². The minimum Gasteiger partial charge on any atom is -0.322 e. The van der Waals surface area contributed by atoms with Crippen LogP contribution in [0.5, 0.6) is 0 Å². The van der Waals surface area contributed by atoms with E-state index in [1.807, 2.05) is 4.31 Å². The number of hydrogen-bond acceptors (Lipinski definition) is 3. The average molecular weight is 222 g/mol. The van der Waals surface area contributed by atoms with Gasteiger partial charge in [0.05, 0.1) is 6.04 Å². The molecule has 2 rings (SSSR count). The minimum absolute atomic E-state index is 0.0409. The van der Waals surface area contributed by atoms with Gasteiger partial charge in [-0.15, -0.1) is 0 Å². The fraction of sp³-hybridized carbons (Fsp3) is 1.00. The maximum atomic E-state index is 13.3. The van der Waals surface area contributed by atoms with Crippen molar-refractivity contribution in [3.05, 3.63) is 0 Å². The molecule has 0 radical (unpaired) electrons. The molecule has 2 N–H and O–H groups in total.